The molecule has 1 fully saturated rings. The highest BCUT2D eigenvalue weighted by molar-refractivity contribution is 5.77. The third-order valence-electron chi connectivity index (χ3n) is 4.60. The summed E-state index contributed by atoms with van der Waals surface area (Å²) in [4.78, 5) is 25.8. The number of piperidine rings is 1. The summed E-state index contributed by atoms with van der Waals surface area (Å²) in [6, 6.07) is 4.72. The van der Waals surface area contributed by atoms with Crippen LogP contribution in [0.5, 0.6) is 5.75 Å². The number of carbonyl (C=O) groups excluding carboxylic acids is 1. The summed E-state index contributed by atoms with van der Waals surface area (Å²) in [7, 11) is 1.03. The number of halogens is 4. The molecule has 28 heavy (non-hydrogen) atoms. The van der Waals surface area contributed by atoms with Crippen molar-refractivity contribution in [2.75, 3.05) is 19.7 Å². The zero-order valence-electron chi connectivity index (χ0n) is 14.9. The number of aromatic nitrogens is 3. The molecule has 1 saturated heterocycles. The number of rotatable bonds is 4. The Kier molecular flexibility index (Phi) is 5.43. The summed E-state index contributed by atoms with van der Waals surface area (Å²) in [6.45, 7) is 0.291. The van der Waals surface area contributed by atoms with Crippen LogP contribution >= 0.6 is 0 Å². The minimum absolute atomic E-state index is 0.238. The Morgan fingerprint density at radius 1 is 1.21 bits per heavy atom. The van der Waals surface area contributed by atoms with E-state index in [9.17, 15) is 27.2 Å². The van der Waals surface area contributed by atoms with Gasteiger partial charge in [0.25, 0.3) is 5.91 Å². The lowest BCUT2D eigenvalue weighted by atomic mass is 10.1. The molecule has 1 amide bonds. The van der Waals surface area contributed by atoms with Gasteiger partial charge in [-0.15, -0.1) is 5.10 Å². The standard InChI is InChI=1S/C17H18F4N4O3/c1-23-15(17(19,20)21)22-25(16(23)27)12-6-8-24(9-7-12)14(26)10-28-13-4-2-11(18)3-5-13/h2-5,12H,6-10H2,1H3. The van der Waals surface area contributed by atoms with Crippen LogP contribution in [0.25, 0.3) is 0 Å². The number of hydrogen-bond donors (Lipinski definition) is 0. The largest absolute Gasteiger partial charge is 0.484 e. The number of carbonyl (C=O) groups is 1. The molecule has 0 unspecified atom stereocenters. The van der Waals surface area contributed by atoms with Gasteiger partial charge in [-0.2, -0.15) is 13.2 Å². The van der Waals surface area contributed by atoms with Gasteiger partial charge in [0.1, 0.15) is 11.6 Å². The van der Waals surface area contributed by atoms with Crippen molar-refractivity contribution in [1.29, 1.82) is 0 Å². The van der Waals surface area contributed by atoms with E-state index in [1.165, 1.54) is 29.2 Å². The molecule has 1 aromatic carbocycles. The molecule has 1 aromatic heterocycles. The van der Waals surface area contributed by atoms with E-state index in [1.807, 2.05) is 0 Å². The number of alkyl halides is 3. The first-order valence-electron chi connectivity index (χ1n) is 8.55. The number of amides is 1. The van der Waals surface area contributed by atoms with Crippen molar-refractivity contribution in [2.45, 2.75) is 25.1 Å². The molecule has 2 heterocycles. The summed E-state index contributed by atoms with van der Waals surface area (Å²) in [6.07, 6.45) is -4.11. The Hall–Kier alpha value is -2.85. The fraction of sp³-hybridized carbons (Fsp3) is 0.471. The maximum absolute atomic E-state index is 12.9. The predicted octanol–water partition coefficient (Wildman–Crippen LogP) is 1.98. The molecule has 0 bridgehead atoms. The molecule has 0 N–H and O–H groups in total. The van der Waals surface area contributed by atoms with E-state index in [1.54, 1.807) is 0 Å². The molecule has 0 saturated carbocycles. The van der Waals surface area contributed by atoms with Crippen LogP contribution in [0.3, 0.4) is 0 Å². The third-order valence-corrected chi connectivity index (χ3v) is 4.60. The Bertz CT molecular complexity index is 897. The first-order valence-corrected chi connectivity index (χ1v) is 8.55. The first kappa shape index (κ1) is 19.9. The van der Waals surface area contributed by atoms with Crippen molar-refractivity contribution < 1.29 is 27.1 Å². The van der Waals surface area contributed by atoms with Crippen LogP contribution in [0.1, 0.15) is 24.7 Å². The second-order valence-electron chi connectivity index (χ2n) is 6.46. The van der Waals surface area contributed by atoms with Gasteiger partial charge in [-0.05, 0) is 37.1 Å². The van der Waals surface area contributed by atoms with E-state index in [4.69, 9.17) is 4.74 Å². The van der Waals surface area contributed by atoms with Crippen LogP contribution in [0.2, 0.25) is 0 Å². The Morgan fingerprint density at radius 2 is 1.82 bits per heavy atom. The van der Waals surface area contributed by atoms with Crippen LogP contribution in [0, 0.1) is 5.82 Å². The van der Waals surface area contributed by atoms with Gasteiger partial charge in [-0.1, -0.05) is 0 Å². The summed E-state index contributed by atoms with van der Waals surface area (Å²) >= 11 is 0. The maximum atomic E-state index is 12.9. The monoisotopic (exact) mass is 402 g/mol. The minimum Gasteiger partial charge on any atom is -0.484 e. The third kappa shape index (κ3) is 4.18. The van der Waals surface area contributed by atoms with E-state index in [0.717, 1.165) is 11.7 Å². The van der Waals surface area contributed by atoms with Crippen LogP contribution < -0.4 is 10.4 Å². The van der Waals surface area contributed by atoms with Crippen LogP contribution in [0.15, 0.2) is 29.1 Å². The van der Waals surface area contributed by atoms with Gasteiger partial charge >= 0.3 is 11.9 Å². The normalized spacial score (nSPS) is 15.7. The highest BCUT2D eigenvalue weighted by atomic mass is 19.4. The number of nitrogens with zero attached hydrogens (tertiary/aromatic N) is 4. The predicted molar refractivity (Wildman–Crippen MR) is 89.2 cm³/mol. The highest BCUT2D eigenvalue weighted by Gasteiger charge is 2.39. The van der Waals surface area contributed by atoms with Gasteiger partial charge in [0.15, 0.2) is 6.61 Å². The van der Waals surface area contributed by atoms with Crippen LogP contribution in [0.4, 0.5) is 17.6 Å². The zero-order valence-corrected chi connectivity index (χ0v) is 14.9. The molecule has 11 heteroatoms. The Balaban J connectivity index is 1.58. The smallest absolute Gasteiger partial charge is 0.451 e. The Labute approximate surface area is 157 Å². The number of ether oxygens (including phenoxy) is 1. The van der Waals surface area contributed by atoms with Crippen molar-refractivity contribution >= 4 is 5.91 Å². The molecule has 0 radical (unpaired) electrons. The molecule has 7 nitrogen and oxygen atoms in total. The molecular weight excluding hydrogens is 384 g/mol. The SMILES string of the molecule is Cn1c(C(F)(F)F)nn(C2CCN(C(=O)COc3ccc(F)cc3)CC2)c1=O. The van der Waals surface area contributed by atoms with Gasteiger partial charge in [0.2, 0.25) is 5.82 Å². The van der Waals surface area contributed by atoms with E-state index in [2.05, 4.69) is 5.10 Å². The van der Waals surface area contributed by atoms with Gasteiger partial charge in [-0.3, -0.25) is 9.36 Å². The van der Waals surface area contributed by atoms with Crippen LogP contribution in [-0.2, 0) is 18.0 Å². The zero-order chi connectivity index (χ0) is 20.5. The number of likely N-dealkylation sites (tertiary alicyclic amines) is 1. The lowest BCUT2D eigenvalue weighted by Crippen LogP contribution is -2.43. The summed E-state index contributed by atoms with van der Waals surface area (Å²) < 4.78 is 58.2. The van der Waals surface area contributed by atoms with Gasteiger partial charge in [-0.25, -0.2) is 13.9 Å². The van der Waals surface area contributed by atoms with E-state index >= 15 is 0 Å². The lowest BCUT2D eigenvalue weighted by Gasteiger charge is -2.31. The molecule has 0 spiro atoms. The van der Waals surface area contributed by atoms with Gasteiger partial charge in [0, 0.05) is 20.1 Å². The van der Waals surface area contributed by atoms with Crippen molar-refractivity contribution in [3.05, 3.63) is 46.4 Å². The minimum atomic E-state index is -4.71. The second kappa shape index (κ2) is 7.64. The van der Waals surface area contributed by atoms with Crippen molar-refractivity contribution in [3.63, 3.8) is 0 Å². The van der Waals surface area contributed by atoms with E-state index < -0.39 is 29.5 Å². The molecule has 1 aliphatic heterocycles. The fourth-order valence-corrected chi connectivity index (χ4v) is 3.07. The molecule has 152 valence electrons. The number of hydrogen-bond acceptors (Lipinski definition) is 4. The summed E-state index contributed by atoms with van der Waals surface area (Å²) in [5, 5.41) is 3.44. The molecule has 3 rings (SSSR count). The first-order chi connectivity index (χ1) is 13.2. The van der Waals surface area contributed by atoms with Crippen molar-refractivity contribution in [3.8, 4) is 5.75 Å². The quantitative estimate of drug-likeness (QED) is 0.734. The van der Waals surface area contributed by atoms with Crippen LogP contribution in [-0.4, -0.2) is 44.9 Å². The van der Waals surface area contributed by atoms with Gasteiger partial charge < -0.3 is 9.64 Å². The van der Waals surface area contributed by atoms with E-state index in [-0.39, 0.29) is 25.6 Å². The molecule has 0 aliphatic carbocycles. The number of benzene rings is 1. The highest BCUT2D eigenvalue weighted by Crippen LogP contribution is 2.28. The fourth-order valence-electron chi connectivity index (χ4n) is 3.07. The topological polar surface area (TPSA) is 69.4 Å². The Morgan fingerprint density at radius 3 is 2.36 bits per heavy atom. The molecule has 0 atom stereocenters. The van der Waals surface area contributed by atoms with E-state index in [0.29, 0.717) is 23.2 Å². The van der Waals surface area contributed by atoms with Gasteiger partial charge in [0.05, 0.1) is 6.04 Å². The van der Waals surface area contributed by atoms with Crippen molar-refractivity contribution in [2.24, 2.45) is 7.05 Å². The molecule has 1 aliphatic rings. The summed E-state index contributed by atoms with van der Waals surface area (Å²) in [5.41, 5.74) is -0.836. The second-order valence-corrected chi connectivity index (χ2v) is 6.46. The maximum Gasteiger partial charge on any atom is 0.451 e. The molecule has 2 aromatic rings. The molecular formula is C17H18F4N4O3. The average molecular weight is 402 g/mol. The summed E-state index contributed by atoms with van der Waals surface area (Å²) in [5.74, 6) is -1.61. The van der Waals surface area contributed by atoms with Crippen molar-refractivity contribution in [1.82, 2.24) is 19.2 Å². The lowest BCUT2D eigenvalue weighted by molar-refractivity contribution is -0.147. The average Bonchev–Trinajstić information content (AvgIpc) is 2.96.